The molecule has 0 spiro atoms. The van der Waals surface area contributed by atoms with E-state index in [2.05, 4.69) is 53.5 Å². The minimum atomic E-state index is -0.572. The predicted molar refractivity (Wildman–Crippen MR) is 415 cm³/mol. The average Bonchev–Trinajstić information content (AvgIpc) is 1.64. The zero-order chi connectivity index (χ0) is 78.4. The molecule has 19 atom stereocenters. The number of piperidine rings is 1. The number of methoxy groups -OCH3 is 4. The molecule has 20 nitrogen and oxygen atoms in total. The quantitative estimate of drug-likeness (QED) is 0.0604. The van der Waals surface area contributed by atoms with Gasteiger partial charge in [-0.3, -0.25) is 48.1 Å². The van der Waals surface area contributed by atoms with Gasteiger partial charge in [-0.2, -0.15) is 0 Å². The molecule has 2 bridgehead atoms. The molecule has 0 radical (unpaired) electrons. The molecule has 1 saturated carbocycles. The molecule has 3 saturated heterocycles. The van der Waals surface area contributed by atoms with Gasteiger partial charge in [0.05, 0.1) is 79.2 Å². The molecule has 0 unspecified atom stereocenters. The van der Waals surface area contributed by atoms with E-state index >= 15 is 0 Å². The van der Waals surface area contributed by atoms with E-state index in [1.807, 2.05) is 149 Å². The summed E-state index contributed by atoms with van der Waals surface area (Å²) in [4.78, 5) is 137. The fourth-order valence-electron chi connectivity index (χ4n) is 17.6. The van der Waals surface area contributed by atoms with Gasteiger partial charge < -0.3 is 48.3 Å². The molecule has 0 N–H and O–H groups in total. The highest BCUT2D eigenvalue weighted by Crippen LogP contribution is 2.43. The van der Waals surface area contributed by atoms with Gasteiger partial charge in [-0.15, -0.1) is 0 Å². The van der Waals surface area contributed by atoms with E-state index in [1.54, 1.807) is 59.1 Å². The topological polar surface area (TPSA) is 213 Å². The van der Waals surface area contributed by atoms with Gasteiger partial charge in [-0.1, -0.05) is 143 Å². The number of carbonyl (C=O) groups is 9. The third kappa shape index (κ3) is 23.7. The van der Waals surface area contributed by atoms with Crippen molar-refractivity contribution >= 4 is 52.5 Å². The molecule has 105 heavy (non-hydrogen) atoms. The van der Waals surface area contributed by atoms with E-state index in [1.165, 1.54) is 0 Å². The Hall–Kier alpha value is -6.19. The van der Waals surface area contributed by atoms with Gasteiger partial charge in [0.15, 0.2) is 5.78 Å². The van der Waals surface area contributed by atoms with Crippen molar-refractivity contribution < 1.29 is 62.1 Å². The predicted octanol–water partition coefficient (Wildman–Crippen LogP) is 11.6. The summed E-state index contributed by atoms with van der Waals surface area (Å²) in [5.41, 5.74) is 2.04. The van der Waals surface area contributed by atoms with Crippen LogP contribution in [0, 0.1) is 65.1 Å². The van der Waals surface area contributed by atoms with Crippen LogP contribution in [0.15, 0.2) is 72.6 Å². The third-order valence-corrected chi connectivity index (χ3v) is 24.4. The number of rotatable bonds is 42. The molecule has 6 rings (SSSR count). The summed E-state index contributed by atoms with van der Waals surface area (Å²) < 4.78 is 24.1. The molecule has 4 amide bonds. The fraction of sp³-hybridized carbons (Fsp3) is 0.729. The summed E-state index contributed by atoms with van der Waals surface area (Å²) in [5.74, 6) is -1.44. The lowest BCUT2D eigenvalue weighted by atomic mass is 9.83. The maximum absolute atomic E-state index is 14.4. The van der Waals surface area contributed by atoms with E-state index in [4.69, 9.17) is 18.9 Å². The van der Waals surface area contributed by atoms with E-state index in [0.717, 1.165) is 68.3 Å². The van der Waals surface area contributed by atoms with Crippen LogP contribution < -0.4 is 0 Å². The number of Topliss-reactive ketones (excluding diaryl/α,β-unsaturated/α-hetero) is 5. The number of carbonyl (C=O) groups excluding carboxylic acids is 9. The molecular weight excluding hydrogens is 1330 g/mol. The van der Waals surface area contributed by atoms with Crippen LogP contribution in [0.25, 0.3) is 0 Å². The molecule has 3 heterocycles. The van der Waals surface area contributed by atoms with Crippen molar-refractivity contribution in [2.75, 3.05) is 90.9 Å². The second kappa shape index (κ2) is 42.5. The lowest BCUT2D eigenvalue weighted by molar-refractivity contribution is -0.149. The van der Waals surface area contributed by atoms with E-state index < -0.39 is 54.0 Å². The number of likely N-dealkylation sites (tertiary alicyclic amines) is 3. The number of fused-ring (bicyclic) bond motifs is 2. The van der Waals surface area contributed by atoms with Gasteiger partial charge in [0.2, 0.25) is 23.6 Å². The van der Waals surface area contributed by atoms with Crippen LogP contribution in [-0.4, -0.2) is 238 Å². The van der Waals surface area contributed by atoms with Crippen LogP contribution >= 0.6 is 0 Å². The van der Waals surface area contributed by atoms with Crippen LogP contribution in [-0.2, 0) is 74.9 Å². The number of amides is 4. The Morgan fingerprint density at radius 3 is 1.27 bits per heavy atom. The van der Waals surface area contributed by atoms with Crippen LogP contribution in [0.5, 0.6) is 0 Å². The molecule has 1 aliphatic carbocycles. The Balaban J connectivity index is 0.000000378. The largest absolute Gasteiger partial charge is 0.379 e. The Kier molecular flexibility index (Phi) is 36.2. The molecule has 2 aromatic carbocycles. The molecule has 0 aromatic heterocycles. The lowest BCUT2D eigenvalue weighted by Gasteiger charge is -2.41. The average molecular weight is 1470 g/mol. The van der Waals surface area contributed by atoms with Crippen molar-refractivity contribution in [3.8, 4) is 0 Å². The van der Waals surface area contributed by atoms with E-state index in [9.17, 15) is 43.2 Å². The number of nitrogens with zero attached hydrogens (tertiary/aromatic N) is 7. The molecule has 20 heteroatoms. The van der Waals surface area contributed by atoms with E-state index in [-0.39, 0.29) is 144 Å². The van der Waals surface area contributed by atoms with Gasteiger partial charge >= 0.3 is 0 Å². The van der Waals surface area contributed by atoms with Gasteiger partial charge in [0, 0.05) is 139 Å². The second-order valence-corrected chi connectivity index (χ2v) is 32.5. The Morgan fingerprint density at radius 1 is 0.524 bits per heavy atom. The first-order chi connectivity index (χ1) is 49.6. The third-order valence-electron chi connectivity index (χ3n) is 24.4. The van der Waals surface area contributed by atoms with Gasteiger partial charge in [0.1, 0.15) is 23.1 Å². The highest BCUT2D eigenvalue weighted by Gasteiger charge is 2.50. The van der Waals surface area contributed by atoms with E-state index in [0.29, 0.717) is 44.3 Å². The van der Waals surface area contributed by atoms with Crippen molar-refractivity contribution in [1.82, 2.24) is 34.3 Å². The highest BCUT2D eigenvalue weighted by molar-refractivity contribution is 5.91. The number of benzene rings is 2. The van der Waals surface area contributed by atoms with Gasteiger partial charge in [-0.05, 0) is 125 Å². The SMILES string of the molecule is CC[C@H](C)[C@@H]([C@@H](CC(=O)N1CCC[C@H]1[C@H](OC)[C@@H](C)C(=O)C[C@@H](Cc1ccccc1)C(C)=O)OC)N(C)C(=O)[C@@H](C=C(N(C)C)N(C)C)C(C)C.CC[C@H](C)[C@@H]([C@@H](CC(=O)N1CCC[C@H]1[C@H](OC)[C@@H](C)C(=O)C[C@@H](Cc1ccccc1)C(C)=O)OC)N(C)C(=O)[C@@H](CC(=O)[C@@H]1[C@H]2CC[C@@H](C2)N1C)C(C)C. The lowest BCUT2D eigenvalue weighted by Crippen LogP contribution is -2.54. The summed E-state index contributed by atoms with van der Waals surface area (Å²) in [6.07, 6.45) is 9.43. The molecule has 590 valence electrons. The normalized spacial score (nSPS) is 22.0. The van der Waals surface area contributed by atoms with Crippen LogP contribution in [0.1, 0.15) is 184 Å². The summed E-state index contributed by atoms with van der Waals surface area (Å²) in [6, 6.07) is 18.6. The summed E-state index contributed by atoms with van der Waals surface area (Å²) in [7, 11) is 20.0. The standard InChI is InChI=1S/C44H69N3O7.C41H68N4O6/c1-11-28(4)41(46(8)44(52)35(27(2)3)25-38(50)42-32-19-20-34(23-32)45(42)7)39(53-9)26-40(51)47-21-15-18-36(47)43(54-10)29(5)37(49)24-33(30(6)48)22-31-16-13-12-14-17-31;1-14-28(4)39(44(11)41(49)33(27(2)3)25-37(42(7)8)43(9)10)36(50-12)26-38(48)45-22-18-21-34(45)40(51-13)29(5)35(47)24-32(30(6)46)23-31-19-16-15-17-20-31/h12-14,16-17,27-29,32-36,39,41-43H,11,15,18-26H2,1-10H3;15-17,19-20,25,27-29,32-34,36,39-40H,14,18,21-24,26H2,1-13H3/t28-,29-,32-,33+,34-,35-,36-,39+,41-,42-,43+;28-,29-,32+,33-,34-,36+,39-,40+/m00/s1. The smallest absolute Gasteiger partial charge is 0.229 e. The highest BCUT2D eigenvalue weighted by atomic mass is 16.5. The monoisotopic (exact) mass is 1460 g/mol. The van der Waals surface area contributed by atoms with Crippen molar-refractivity contribution in [2.24, 2.45) is 65.1 Å². The minimum absolute atomic E-state index is 0.00652. The summed E-state index contributed by atoms with van der Waals surface area (Å²) in [6.45, 7) is 24.4. The maximum atomic E-state index is 14.4. The zero-order valence-electron chi connectivity index (χ0n) is 68.6. The van der Waals surface area contributed by atoms with Crippen molar-refractivity contribution in [3.05, 3.63) is 83.7 Å². The van der Waals surface area contributed by atoms with Crippen LogP contribution in [0.3, 0.4) is 0 Å². The van der Waals surface area contributed by atoms with Crippen molar-refractivity contribution in [1.29, 1.82) is 0 Å². The number of ketones is 5. The summed E-state index contributed by atoms with van der Waals surface area (Å²) in [5, 5.41) is 0. The van der Waals surface area contributed by atoms with Crippen LogP contribution in [0.4, 0.5) is 0 Å². The number of hydrogen-bond donors (Lipinski definition) is 0. The van der Waals surface area contributed by atoms with Gasteiger partial charge in [-0.25, -0.2) is 0 Å². The molecule has 3 aliphatic heterocycles. The van der Waals surface area contributed by atoms with Crippen molar-refractivity contribution in [2.45, 2.75) is 246 Å². The molecular formula is C85H137N7O13. The number of ether oxygens (including phenoxy) is 4. The summed E-state index contributed by atoms with van der Waals surface area (Å²) >= 11 is 0. The maximum Gasteiger partial charge on any atom is 0.229 e. The first-order valence-corrected chi connectivity index (χ1v) is 39.3. The van der Waals surface area contributed by atoms with Crippen LogP contribution in [0.2, 0.25) is 0 Å². The number of likely N-dealkylation sites (N-methyl/N-ethyl adjacent to an activating group) is 3. The second-order valence-electron chi connectivity index (χ2n) is 32.5. The first kappa shape index (κ1) is 89.4. The molecule has 2 aromatic rings. The Morgan fingerprint density at radius 2 is 0.933 bits per heavy atom. The van der Waals surface area contributed by atoms with Crippen molar-refractivity contribution in [3.63, 3.8) is 0 Å². The molecule has 4 fully saturated rings. The molecule has 4 aliphatic rings. The van der Waals surface area contributed by atoms with Gasteiger partial charge in [0.25, 0.3) is 0 Å². The Bertz CT molecular complexity index is 3130. The first-order valence-electron chi connectivity index (χ1n) is 39.3. The zero-order valence-corrected chi connectivity index (χ0v) is 68.6. The number of hydrogen-bond acceptors (Lipinski definition) is 16. The minimum Gasteiger partial charge on any atom is -0.379 e. The Labute approximate surface area is 632 Å². The fourth-order valence-corrected chi connectivity index (χ4v) is 17.6.